The number of nitrogens with one attached hydrogen (secondary N) is 1. The minimum absolute atomic E-state index is 0.0317. The maximum absolute atomic E-state index is 11.0. The van der Waals surface area contributed by atoms with E-state index in [0.29, 0.717) is 0 Å². The van der Waals surface area contributed by atoms with Gasteiger partial charge in [0.05, 0.1) is 0 Å². The molecule has 1 unspecified atom stereocenters. The van der Waals surface area contributed by atoms with E-state index >= 15 is 0 Å². The predicted octanol–water partition coefficient (Wildman–Crippen LogP) is 1.85. The van der Waals surface area contributed by atoms with Crippen molar-refractivity contribution in [1.82, 2.24) is 5.32 Å². The lowest BCUT2D eigenvalue weighted by molar-refractivity contribution is -0.119. The van der Waals surface area contributed by atoms with Crippen molar-refractivity contribution < 1.29 is 9.53 Å². The van der Waals surface area contributed by atoms with Crippen molar-refractivity contribution in [3.63, 3.8) is 0 Å². The molecule has 1 amide bonds. The Balaban J connectivity index is 1.83. The summed E-state index contributed by atoms with van der Waals surface area (Å²) < 4.78 is 5.32. The van der Waals surface area contributed by atoms with Crippen LogP contribution in [-0.4, -0.2) is 18.7 Å². The van der Waals surface area contributed by atoms with E-state index in [0.717, 1.165) is 6.42 Å². The van der Waals surface area contributed by atoms with Crippen molar-refractivity contribution in [2.24, 2.45) is 0 Å². The fraction of sp³-hybridized carbons (Fsp3) is 0.214. The van der Waals surface area contributed by atoms with Crippen molar-refractivity contribution in [3.05, 3.63) is 48.0 Å². The molecule has 1 heterocycles. The lowest BCUT2D eigenvalue weighted by atomic mass is 10.0. The second-order valence-electron chi connectivity index (χ2n) is 4.25. The summed E-state index contributed by atoms with van der Waals surface area (Å²) in [6, 6.07) is 14.6. The minimum Gasteiger partial charge on any atom is -0.348 e. The van der Waals surface area contributed by atoms with Crippen LogP contribution >= 0.6 is 0 Å². The SMILES string of the molecule is O=C1COC(Cc2ccc3ccccc3c2)N1. The van der Waals surface area contributed by atoms with Gasteiger partial charge in [0, 0.05) is 6.42 Å². The van der Waals surface area contributed by atoms with Crippen LogP contribution in [0.4, 0.5) is 0 Å². The largest absolute Gasteiger partial charge is 0.348 e. The number of amides is 1. The van der Waals surface area contributed by atoms with E-state index in [4.69, 9.17) is 4.74 Å². The number of hydrogen-bond acceptors (Lipinski definition) is 2. The average Bonchev–Trinajstić information content (AvgIpc) is 2.75. The van der Waals surface area contributed by atoms with Crippen LogP contribution < -0.4 is 5.32 Å². The summed E-state index contributed by atoms with van der Waals surface area (Å²) in [6.07, 6.45) is 0.542. The molecule has 1 atom stereocenters. The molecule has 0 spiro atoms. The van der Waals surface area contributed by atoms with Crippen LogP contribution in [0, 0.1) is 0 Å². The molecule has 1 saturated heterocycles. The number of ether oxygens (including phenoxy) is 1. The first-order chi connectivity index (χ1) is 8.31. The first-order valence-corrected chi connectivity index (χ1v) is 5.70. The highest BCUT2D eigenvalue weighted by Crippen LogP contribution is 2.17. The zero-order valence-corrected chi connectivity index (χ0v) is 9.35. The Morgan fingerprint density at radius 3 is 2.76 bits per heavy atom. The maximum atomic E-state index is 11.0. The standard InChI is InChI=1S/C14H13NO2/c16-13-9-17-14(15-13)8-10-5-6-11-3-1-2-4-12(11)7-10/h1-7,14H,8-9H2,(H,15,16). The van der Waals surface area contributed by atoms with Gasteiger partial charge >= 0.3 is 0 Å². The van der Waals surface area contributed by atoms with E-state index in [-0.39, 0.29) is 18.7 Å². The first kappa shape index (κ1) is 10.3. The second-order valence-corrected chi connectivity index (χ2v) is 4.25. The van der Waals surface area contributed by atoms with Crippen LogP contribution in [0.2, 0.25) is 0 Å². The number of hydrogen-bond donors (Lipinski definition) is 1. The summed E-state index contributed by atoms with van der Waals surface area (Å²) in [5, 5.41) is 5.24. The number of fused-ring (bicyclic) bond motifs is 1. The van der Waals surface area contributed by atoms with Gasteiger partial charge in [0.15, 0.2) is 0 Å². The molecule has 1 fully saturated rings. The molecule has 0 aromatic heterocycles. The summed E-state index contributed by atoms with van der Waals surface area (Å²) in [6.45, 7) is 0.179. The van der Waals surface area contributed by atoms with Gasteiger partial charge in [0.1, 0.15) is 12.8 Å². The van der Waals surface area contributed by atoms with Gasteiger partial charge in [0.2, 0.25) is 5.91 Å². The molecule has 86 valence electrons. The monoisotopic (exact) mass is 227 g/mol. The normalized spacial score (nSPS) is 19.5. The average molecular weight is 227 g/mol. The molecule has 1 N–H and O–H groups in total. The molecule has 1 aliphatic rings. The van der Waals surface area contributed by atoms with Gasteiger partial charge in [-0.05, 0) is 16.3 Å². The van der Waals surface area contributed by atoms with E-state index < -0.39 is 0 Å². The van der Waals surface area contributed by atoms with Crippen LogP contribution in [-0.2, 0) is 16.0 Å². The Labute approximate surface area is 99.4 Å². The third-order valence-corrected chi connectivity index (χ3v) is 2.97. The number of rotatable bonds is 2. The Morgan fingerprint density at radius 2 is 2.00 bits per heavy atom. The van der Waals surface area contributed by atoms with Gasteiger partial charge in [-0.3, -0.25) is 4.79 Å². The molecule has 1 aliphatic heterocycles. The fourth-order valence-corrected chi connectivity index (χ4v) is 2.13. The lowest BCUT2D eigenvalue weighted by Gasteiger charge is -2.10. The smallest absolute Gasteiger partial charge is 0.248 e. The highest BCUT2D eigenvalue weighted by Gasteiger charge is 2.21. The Kier molecular flexibility index (Phi) is 2.53. The Bertz CT molecular complexity index is 565. The van der Waals surface area contributed by atoms with E-state index in [1.54, 1.807) is 0 Å². The van der Waals surface area contributed by atoms with Crippen LogP contribution in [0.1, 0.15) is 5.56 Å². The summed E-state index contributed by atoms with van der Waals surface area (Å²) in [5.74, 6) is -0.0317. The maximum Gasteiger partial charge on any atom is 0.248 e. The van der Waals surface area contributed by atoms with E-state index in [9.17, 15) is 4.79 Å². The third kappa shape index (κ3) is 2.15. The highest BCUT2D eigenvalue weighted by atomic mass is 16.5. The summed E-state index contributed by atoms with van der Waals surface area (Å²) in [5.41, 5.74) is 1.18. The van der Waals surface area contributed by atoms with Crippen LogP contribution in [0.3, 0.4) is 0 Å². The molecule has 2 aromatic carbocycles. The zero-order chi connectivity index (χ0) is 11.7. The molecule has 3 rings (SSSR count). The van der Waals surface area contributed by atoms with Crippen molar-refractivity contribution in [2.45, 2.75) is 12.6 Å². The van der Waals surface area contributed by atoms with Crippen molar-refractivity contribution in [3.8, 4) is 0 Å². The summed E-state index contributed by atoms with van der Waals surface area (Å²) in [4.78, 5) is 11.0. The zero-order valence-electron chi connectivity index (χ0n) is 9.35. The fourth-order valence-electron chi connectivity index (χ4n) is 2.13. The van der Waals surface area contributed by atoms with Crippen molar-refractivity contribution >= 4 is 16.7 Å². The molecule has 0 saturated carbocycles. The molecule has 0 radical (unpaired) electrons. The molecular weight excluding hydrogens is 214 g/mol. The highest BCUT2D eigenvalue weighted by molar-refractivity contribution is 5.83. The van der Waals surface area contributed by atoms with E-state index in [1.807, 2.05) is 12.1 Å². The molecule has 0 aliphatic carbocycles. The molecular formula is C14H13NO2. The van der Waals surface area contributed by atoms with Gasteiger partial charge in [-0.25, -0.2) is 0 Å². The topological polar surface area (TPSA) is 38.3 Å². The molecule has 3 nitrogen and oxygen atoms in total. The lowest BCUT2D eigenvalue weighted by Crippen LogP contribution is -2.28. The second kappa shape index (κ2) is 4.18. The van der Waals surface area contributed by atoms with Gasteiger partial charge in [-0.2, -0.15) is 0 Å². The Morgan fingerprint density at radius 1 is 1.18 bits per heavy atom. The van der Waals surface area contributed by atoms with E-state index in [2.05, 4.69) is 35.6 Å². The van der Waals surface area contributed by atoms with Gasteiger partial charge in [0.25, 0.3) is 0 Å². The van der Waals surface area contributed by atoms with Gasteiger partial charge in [-0.1, -0.05) is 42.5 Å². The summed E-state index contributed by atoms with van der Waals surface area (Å²) in [7, 11) is 0. The Hall–Kier alpha value is -1.87. The van der Waals surface area contributed by atoms with Crippen LogP contribution in [0.15, 0.2) is 42.5 Å². The minimum atomic E-state index is -0.177. The summed E-state index contributed by atoms with van der Waals surface area (Å²) >= 11 is 0. The molecule has 0 bridgehead atoms. The molecule has 2 aromatic rings. The van der Waals surface area contributed by atoms with Gasteiger partial charge < -0.3 is 10.1 Å². The van der Waals surface area contributed by atoms with E-state index in [1.165, 1.54) is 16.3 Å². The van der Waals surface area contributed by atoms with Gasteiger partial charge in [-0.15, -0.1) is 0 Å². The molecule has 3 heteroatoms. The van der Waals surface area contributed by atoms with Crippen LogP contribution in [0.25, 0.3) is 10.8 Å². The number of benzene rings is 2. The first-order valence-electron chi connectivity index (χ1n) is 5.70. The molecule has 17 heavy (non-hydrogen) atoms. The third-order valence-electron chi connectivity index (χ3n) is 2.97. The quantitative estimate of drug-likeness (QED) is 0.850. The van der Waals surface area contributed by atoms with Crippen LogP contribution in [0.5, 0.6) is 0 Å². The number of carbonyl (C=O) groups is 1. The van der Waals surface area contributed by atoms with Crippen molar-refractivity contribution in [1.29, 1.82) is 0 Å². The predicted molar refractivity (Wildman–Crippen MR) is 65.5 cm³/mol. The number of carbonyl (C=O) groups excluding carboxylic acids is 1. The van der Waals surface area contributed by atoms with Crippen molar-refractivity contribution in [2.75, 3.05) is 6.61 Å².